The summed E-state index contributed by atoms with van der Waals surface area (Å²) >= 11 is 5.78. The van der Waals surface area contributed by atoms with E-state index in [9.17, 15) is 14.0 Å². The number of anilines is 3. The van der Waals surface area contributed by atoms with E-state index in [0.29, 0.717) is 23.5 Å². The molecule has 3 aromatic rings. The molecule has 1 aliphatic heterocycles. The molecule has 1 aliphatic rings. The molecule has 8 heteroatoms. The van der Waals surface area contributed by atoms with Gasteiger partial charge in [0.2, 0.25) is 0 Å². The molecule has 3 N–H and O–H groups in total. The Morgan fingerprint density at radius 3 is 2.29 bits per heavy atom. The summed E-state index contributed by atoms with van der Waals surface area (Å²) in [5.41, 5.74) is 3.34. The zero-order valence-corrected chi connectivity index (χ0v) is 19.4. The maximum Gasteiger partial charge on any atom is 0.323 e. The molecule has 1 fully saturated rings. The van der Waals surface area contributed by atoms with Crippen LogP contribution in [-0.4, -0.2) is 31.6 Å². The fourth-order valence-corrected chi connectivity index (χ4v) is 4.14. The lowest BCUT2D eigenvalue weighted by molar-refractivity contribution is 0.0954. The first kappa shape index (κ1) is 23.6. The molecule has 3 aromatic carbocycles. The molecule has 0 bridgehead atoms. The van der Waals surface area contributed by atoms with Gasteiger partial charge in [-0.1, -0.05) is 41.9 Å². The van der Waals surface area contributed by atoms with Gasteiger partial charge in [0.1, 0.15) is 5.82 Å². The normalized spacial score (nSPS) is 12.9. The average molecular weight is 481 g/mol. The third-order valence-electron chi connectivity index (χ3n) is 5.67. The number of benzene rings is 3. The van der Waals surface area contributed by atoms with E-state index in [4.69, 9.17) is 11.6 Å². The number of carbonyl (C=O) groups is 2. The third kappa shape index (κ3) is 6.05. The predicted molar refractivity (Wildman–Crippen MR) is 134 cm³/mol. The molecule has 0 unspecified atom stereocenters. The van der Waals surface area contributed by atoms with Crippen LogP contribution in [0.4, 0.5) is 26.2 Å². The second-order valence-electron chi connectivity index (χ2n) is 8.13. The van der Waals surface area contributed by atoms with Crippen LogP contribution in [0.2, 0.25) is 5.02 Å². The first-order valence-corrected chi connectivity index (χ1v) is 11.6. The fraction of sp³-hybridized carbons (Fsp3) is 0.231. The van der Waals surface area contributed by atoms with Crippen LogP contribution in [0, 0.1) is 5.82 Å². The number of carbonyl (C=O) groups excluding carboxylic acids is 2. The van der Waals surface area contributed by atoms with Crippen molar-refractivity contribution in [3.63, 3.8) is 0 Å². The van der Waals surface area contributed by atoms with Crippen LogP contribution in [0.25, 0.3) is 0 Å². The lowest BCUT2D eigenvalue weighted by atomic mass is 10.1. The number of urea groups is 1. The maximum atomic E-state index is 13.4. The first-order valence-electron chi connectivity index (χ1n) is 11.2. The number of hydrogen-bond donors (Lipinski definition) is 3. The number of rotatable bonds is 7. The summed E-state index contributed by atoms with van der Waals surface area (Å²) in [6, 6.07) is 18.7. The Bertz CT molecular complexity index is 1170. The van der Waals surface area contributed by atoms with Crippen LogP contribution in [0.15, 0.2) is 66.7 Å². The zero-order valence-electron chi connectivity index (χ0n) is 18.6. The first-order chi connectivity index (χ1) is 16.5. The van der Waals surface area contributed by atoms with Crippen LogP contribution in [0.3, 0.4) is 0 Å². The van der Waals surface area contributed by atoms with E-state index in [-0.39, 0.29) is 10.9 Å². The van der Waals surface area contributed by atoms with Crippen LogP contribution in [0.1, 0.15) is 28.8 Å². The average Bonchev–Trinajstić information content (AvgIpc) is 3.37. The topological polar surface area (TPSA) is 73.5 Å². The summed E-state index contributed by atoms with van der Waals surface area (Å²) in [4.78, 5) is 27.7. The maximum absolute atomic E-state index is 13.4. The van der Waals surface area contributed by atoms with Crippen molar-refractivity contribution < 1.29 is 14.0 Å². The monoisotopic (exact) mass is 480 g/mol. The van der Waals surface area contributed by atoms with Crippen LogP contribution < -0.4 is 20.9 Å². The summed E-state index contributed by atoms with van der Waals surface area (Å²) < 4.78 is 13.4. The summed E-state index contributed by atoms with van der Waals surface area (Å²) in [7, 11) is 0. The Kier molecular flexibility index (Phi) is 7.65. The molecular formula is C26H26ClFN4O2. The Hall–Kier alpha value is -3.58. The van der Waals surface area contributed by atoms with Gasteiger partial charge in [-0.2, -0.15) is 0 Å². The second kappa shape index (κ2) is 11.0. The highest BCUT2D eigenvalue weighted by molar-refractivity contribution is 6.31. The SMILES string of the molecule is O=C(Nc1ccc(F)c(Cl)c1)Nc1ccc(N2CCCC2)c(C(=O)NCCc2ccccc2)c1. The van der Waals surface area contributed by atoms with Gasteiger partial charge in [-0.05, 0) is 61.2 Å². The van der Waals surface area contributed by atoms with E-state index >= 15 is 0 Å². The van der Waals surface area contributed by atoms with Crippen molar-refractivity contribution in [1.29, 1.82) is 0 Å². The second-order valence-corrected chi connectivity index (χ2v) is 8.53. The van der Waals surface area contributed by atoms with Gasteiger partial charge >= 0.3 is 6.03 Å². The van der Waals surface area contributed by atoms with Gasteiger partial charge < -0.3 is 20.9 Å². The number of nitrogens with one attached hydrogen (secondary N) is 3. The van der Waals surface area contributed by atoms with E-state index in [1.54, 1.807) is 12.1 Å². The summed E-state index contributed by atoms with van der Waals surface area (Å²) in [6.07, 6.45) is 2.89. The molecular weight excluding hydrogens is 455 g/mol. The molecule has 0 spiro atoms. The highest BCUT2D eigenvalue weighted by Crippen LogP contribution is 2.28. The third-order valence-corrected chi connectivity index (χ3v) is 5.95. The standard InChI is InChI=1S/C26H26ClFN4O2/c27-22-17-20(8-10-23(22)28)31-26(34)30-19-9-11-24(32-14-4-5-15-32)21(16-19)25(33)29-13-12-18-6-2-1-3-7-18/h1-3,6-11,16-17H,4-5,12-15H2,(H,29,33)(H2,30,31,34). The van der Waals surface area contributed by atoms with Crippen LogP contribution in [0.5, 0.6) is 0 Å². The molecule has 34 heavy (non-hydrogen) atoms. The van der Waals surface area contributed by atoms with Crippen molar-refractivity contribution in [2.45, 2.75) is 19.3 Å². The number of halogens is 2. The fourth-order valence-electron chi connectivity index (χ4n) is 3.96. The Labute approximate surface area is 203 Å². The lowest BCUT2D eigenvalue weighted by Crippen LogP contribution is -2.29. The molecule has 6 nitrogen and oxygen atoms in total. The number of nitrogens with zero attached hydrogens (tertiary/aromatic N) is 1. The highest BCUT2D eigenvalue weighted by Gasteiger charge is 2.20. The van der Waals surface area contributed by atoms with Gasteiger partial charge in [-0.25, -0.2) is 9.18 Å². The molecule has 176 valence electrons. The molecule has 0 aliphatic carbocycles. The Morgan fingerprint density at radius 2 is 1.59 bits per heavy atom. The highest BCUT2D eigenvalue weighted by atomic mass is 35.5. The Balaban J connectivity index is 1.46. The molecule has 3 amide bonds. The van der Waals surface area contributed by atoms with Crippen molar-refractivity contribution in [2.75, 3.05) is 35.2 Å². The molecule has 0 saturated carbocycles. The Morgan fingerprint density at radius 1 is 0.912 bits per heavy atom. The quantitative estimate of drug-likeness (QED) is 0.406. The molecule has 4 rings (SSSR count). The van der Waals surface area contributed by atoms with Crippen LogP contribution >= 0.6 is 11.6 Å². The van der Waals surface area contributed by atoms with E-state index in [1.807, 2.05) is 36.4 Å². The van der Waals surface area contributed by atoms with E-state index in [2.05, 4.69) is 20.9 Å². The summed E-state index contributed by atoms with van der Waals surface area (Å²) in [6.45, 7) is 2.29. The van der Waals surface area contributed by atoms with Crippen molar-refractivity contribution in [1.82, 2.24) is 5.32 Å². The predicted octanol–water partition coefficient (Wildman–Crippen LogP) is 5.70. The van der Waals surface area contributed by atoms with Gasteiger partial charge in [0, 0.05) is 36.7 Å². The molecule has 1 heterocycles. The molecule has 1 saturated heterocycles. The van der Waals surface area contributed by atoms with Gasteiger partial charge in [0.25, 0.3) is 5.91 Å². The van der Waals surface area contributed by atoms with Gasteiger partial charge in [0.15, 0.2) is 0 Å². The molecule has 0 radical (unpaired) electrons. The minimum Gasteiger partial charge on any atom is -0.371 e. The van der Waals surface area contributed by atoms with Crippen molar-refractivity contribution in [2.24, 2.45) is 0 Å². The summed E-state index contributed by atoms with van der Waals surface area (Å²) in [5, 5.41) is 8.27. The van der Waals surface area contributed by atoms with E-state index in [1.165, 1.54) is 18.2 Å². The number of hydrogen-bond acceptors (Lipinski definition) is 3. The number of amides is 3. The van der Waals surface area contributed by atoms with E-state index in [0.717, 1.165) is 43.6 Å². The van der Waals surface area contributed by atoms with Crippen LogP contribution in [-0.2, 0) is 6.42 Å². The van der Waals surface area contributed by atoms with Crippen molar-refractivity contribution in [3.05, 3.63) is 88.7 Å². The van der Waals surface area contributed by atoms with Crippen molar-refractivity contribution >= 4 is 40.6 Å². The minimum atomic E-state index is -0.562. The largest absolute Gasteiger partial charge is 0.371 e. The summed E-state index contributed by atoms with van der Waals surface area (Å²) in [5.74, 6) is -0.750. The van der Waals surface area contributed by atoms with E-state index < -0.39 is 11.8 Å². The smallest absolute Gasteiger partial charge is 0.323 e. The van der Waals surface area contributed by atoms with Gasteiger partial charge in [-0.15, -0.1) is 0 Å². The molecule has 0 aromatic heterocycles. The van der Waals surface area contributed by atoms with Gasteiger partial charge in [-0.3, -0.25) is 4.79 Å². The van der Waals surface area contributed by atoms with Gasteiger partial charge in [0.05, 0.1) is 10.6 Å². The lowest BCUT2D eigenvalue weighted by Gasteiger charge is -2.22. The minimum absolute atomic E-state index is 0.0813. The molecule has 0 atom stereocenters. The van der Waals surface area contributed by atoms with Crippen molar-refractivity contribution in [3.8, 4) is 0 Å². The zero-order chi connectivity index (χ0) is 23.9.